The number of likely N-dealkylation sites (N-methyl/N-ethyl adjacent to an activating group) is 2. The fourth-order valence-corrected chi connectivity index (χ4v) is 5.52. The molecule has 0 fully saturated rings. The number of rotatable bonds is 9. The molecule has 190 valence electrons. The van der Waals surface area contributed by atoms with Crippen LogP contribution in [0.15, 0.2) is 46.8 Å². The number of hydrogen-bond donors (Lipinski definition) is 2. The van der Waals surface area contributed by atoms with Crippen LogP contribution in [0.1, 0.15) is 5.56 Å². The van der Waals surface area contributed by atoms with E-state index in [4.69, 9.17) is 23.4 Å². The predicted octanol–water partition coefficient (Wildman–Crippen LogP) is 5.70. The summed E-state index contributed by atoms with van der Waals surface area (Å²) in [4.78, 5) is 4.57. The van der Waals surface area contributed by atoms with Gasteiger partial charge in [0.1, 0.15) is 10.7 Å². The minimum absolute atomic E-state index is 0.0542. The van der Waals surface area contributed by atoms with E-state index in [9.17, 15) is 26.0 Å². The normalized spacial score (nSPS) is 12.0. The van der Waals surface area contributed by atoms with E-state index in [0.717, 1.165) is 35.6 Å². The van der Waals surface area contributed by atoms with Gasteiger partial charge in [-0.25, -0.2) is 9.37 Å². The van der Waals surface area contributed by atoms with Crippen molar-refractivity contribution in [1.82, 2.24) is 10.3 Å². The fourth-order valence-electron chi connectivity index (χ4n) is 2.99. The Bertz CT molecular complexity index is 1290. The maximum Gasteiger partial charge on any atom is 0.416 e. The van der Waals surface area contributed by atoms with E-state index < -0.39 is 32.5 Å². The maximum atomic E-state index is 14.9. The molecule has 35 heavy (non-hydrogen) atoms. The van der Waals surface area contributed by atoms with Crippen molar-refractivity contribution in [2.45, 2.75) is 11.1 Å². The predicted molar refractivity (Wildman–Crippen MR) is 131 cm³/mol. The molecule has 15 heteroatoms. The van der Waals surface area contributed by atoms with Gasteiger partial charge in [-0.15, -0.1) is 15.2 Å². The first-order chi connectivity index (χ1) is 16.4. The zero-order chi connectivity index (χ0) is 26.0. The van der Waals surface area contributed by atoms with Gasteiger partial charge in [-0.3, -0.25) is 0 Å². The summed E-state index contributed by atoms with van der Waals surface area (Å²) in [6, 6.07) is 4.72. The van der Waals surface area contributed by atoms with E-state index in [0.29, 0.717) is 16.9 Å². The van der Waals surface area contributed by atoms with Crippen LogP contribution < -0.4 is 19.4 Å². The SMILES string of the molecule is CNCCN(C)c1cc(C(F)(F)F)ccc1Nc1cc(F)c(S(=O)(=O)N(Cl)c2nccs2)cc1Cl. The summed E-state index contributed by atoms with van der Waals surface area (Å²) in [6.07, 6.45) is -3.24. The Morgan fingerprint density at radius 3 is 2.49 bits per heavy atom. The molecule has 0 aliphatic carbocycles. The summed E-state index contributed by atoms with van der Waals surface area (Å²) >= 11 is 13.0. The lowest BCUT2D eigenvalue weighted by atomic mass is 10.1. The Labute approximate surface area is 213 Å². The second-order valence-corrected chi connectivity index (χ2v) is 10.8. The van der Waals surface area contributed by atoms with E-state index >= 15 is 0 Å². The summed E-state index contributed by atoms with van der Waals surface area (Å²) in [5, 5.41) is 6.91. The number of thiazole rings is 1. The van der Waals surface area contributed by atoms with Crippen molar-refractivity contribution in [3.63, 3.8) is 0 Å². The van der Waals surface area contributed by atoms with Crippen LogP contribution in [0.5, 0.6) is 0 Å². The van der Waals surface area contributed by atoms with E-state index in [1.54, 1.807) is 19.0 Å². The average Bonchev–Trinajstić information content (AvgIpc) is 3.33. The summed E-state index contributed by atoms with van der Waals surface area (Å²) in [6.45, 7) is 0.857. The Morgan fingerprint density at radius 1 is 1.17 bits per heavy atom. The number of sulfonamides is 1. The molecule has 0 aliphatic heterocycles. The minimum atomic E-state index is -4.57. The minimum Gasteiger partial charge on any atom is -0.372 e. The first kappa shape index (κ1) is 27.3. The van der Waals surface area contributed by atoms with Crippen LogP contribution in [0.3, 0.4) is 0 Å². The van der Waals surface area contributed by atoms with E-state index in [2.05, 4.69) is 15.6 Å². The van der Waals surface area contributed by atoms with Gasteiger partial charge in [0, 0.05) is 49.6 Å². The van der Waals surface area contributed by atoms with Crippen LogP contribution >= 0.6 is 34.7 Å². The van der Waals surface area contributed by atoms with Crippen molar-refractivity contribution in [2.24, 2.45) is 0 Å². The maximum absolute atomic E-state index is 14.9. The third-order valence-electron chi connectivity index (χ3n) is 4.78. The topological polar surface area (TPSA) is 77.6 Å². The summed E-state index contributed by atoms with van der Waals surface area (Å²) in [7, 11) is -1.24. The molecule has 0 saturated heterocycles. The smallest absolute Gasteiger partial charge is 0.372 e. The lowest BCUT2D eigenvalue weighted by Gasteiger charge is -2.25. The van der Waals surface area contributed by atoms with Crippen LogP contribution in [0.4, 0.5) is 39.8 Å². The van der Waals surface area contributed by atoms with Gasteiger partial charge in [0.2, 0.25) is 5.13 Å². The fraction of sp³-hybridized carbons (Fsp3) is 0.250. The van der Waals surface area contributed by atoms with Gasteiger partial charge >= 0.3 is 6.18 Å². The summed E-state index contributed by atoms with van der Waals surface area (Å²) in [5.74, 6) is -1.17. The first-order valence-electron chi connectivity index (χ1n) is 9.80. The second-order valence-electron chi connectivity index (χ2n) is 7.18. The van der Waals surface area contributed by atoms with Gasteiger partial charge in [0.05, 0.1) is 27.6 Å². The Balaban J connectivity index is 1.99. The second kappa shape index (κ2) is 10.7. The highest BCUT2D eigenvalue weighted by molar-refractivity contribution is 7.94. The standard InChI is InChI=1S/C20H19Cl2F4N5O2S2/c1-27-5-7-30(2)17-9-12(20(24,25)26)3-4-15(17)29-16-11-14(23)18(10-13(16)21)35(32,33)31(22)19-28-6-8-34-19/h3-4,6,8-11,27,29H,5,7H2,1-2H3. The van der Waals surface area contributed by atoms with Crippen LogP contribution in [0.25, 0.3) is 0 Å². The highest BCUT2D eigenvalue weighted by atomic mass is 35.5. The monoisotopic (exact) mass is 571 g/mol. The lowest BCUT2D eigenvalue weighted by Crippen LogP contribution is -2.28. The van der Waals surface area contributed by atoms with Gasteiger partial charge in [-0.2, -0.15) is 21.6 Å². The molecular weight excluding hydrogens is 553 g/mol. The molecule has 0 amide bonds. The highest BCUT2D eigenvalue weighted by Crippen LogP contribution is 2.39. The summed E-state index contributed by atoms with van der Waals surface area (Å²) < 4.78 is 80.6. The summed E-state index contributed by atoms with van der Waals surface area (Å²) in [5.41, 5.74) is -0.534. The van der Waals surface area contributed by atoms with Gasteiger partial charge in [0.25, 0.3) is 10.0 Å². The number of halogens is 6. The molecule has 0 atom stereocenters. The van der Waals surface area contributed by atoms with Gasteiger partial charge in [0.15, 0.2) is 0 Å². The number of anilines is 4. The molecular formula is C20H19Cl2F4N5O2S2. The molecule has 2 N–H and O–H groups in total. The number of benzene rings is 2. The number of alkyl halides is 3. The van der Waals surface area contributed by atoms with Gasteiger partial charge in [-0.1, -0.05) is 11.6 Å². The third-order valence-corrected chi connectivity index (χ3v) is 8.24. The van der Waals surface area contributed by atoms with Crippen molar-refractivity contribution in [2.75, 3.05) is 41.2 Å². The van der Waals surface area contributed by atoms with E-state index in [1.165, 1.54) is 17.6 Å². The Morgan fingerprint density at radius 2 is 1.89 bits per heavy atom. The van der Waals surface area contributed by atoms with Crippen LogP contribution in [-0.2, 0) is 16.2 Å². The quantitative estimate of drug-likeness (QED) is 0.253. The number of nitrogens with zero attached hydrogens (tertiary/aromatic N) is 3. The molecule has 3 aromatic rings. The molecule has 0 spiro atoms. The molecule has 0 bridgehead atoms. The third kappa shape index (κ3) is 6.09. The largest absolute Gasteiger partial charge is 0.416 e. The van der Waals surface area contributed by atoms with Crippen LogP contribution in [-0.4, -0.2) is 40.6 Å². The molecule has 0 unspecified atom stereocenters. The van der Waals surface area contributed by atoms with E-state index in [-0.39, 0.29) is 27.2 Å². The highest BCUT2D eigenvalue weighted by Gasteiger charge is 2.32. The molecule has 1 aromatic heterocycles. The van der Waals surface area contributed by atoms with Gasteiger partial charge in [-0.05, 0) is 31.3 Å². The molecule has 7 nitrogen and oxygen atoms in total. The van der Waals surface area contributed by atoms with E-state index in [1.807, 2.05) is 0 Å². The molecule has 1 heterocycles. The number of nitrogens with one attached hydrogen (secondary N) is 2. The molecule has 3 rings (SSSR count). The lowest BCUT2D eigenvalue weighted by molar-refractivity contribution is -0.137. The number of aromatic nitrogens is 1. The Kier molecular flexibility index (Phi) is 8.37. The van der Waals surface area contributed by atoms with Crippen LogP contribution in [0, 0.1) is 5.82 Å². The first-order valence-corrected chi connectivity index (χ1v) is 12.8. The molecule has 0 aliphatic rings. The average molecular weight is 572 g/mol. The Hall–Kier alpha value is -2.32. The van der Waals surface area contributed by atoms with Crippen molar-refractivity contribution in [3.8, 4) is 0 Å². The number of hydrogen-bond acceptors (Lipinski definition) is 7. The van der Waals surface area contributed by atoms with Crippen molar-refractivity contribution in [1.29, 1.82) is 0 Å². The molecule has 2 aromatic carbocycles. The molecule has 0 saturated carbocycles. The van der Waals surface area contributed by atoms with Crippen molar-refractivity contribution in [3.05, 3.63) is 58.3 Å². The van der Waals surface area contributed by atoms with Gasteiger partial charge < -0.3 is 15.5 Å². The zero-order valence-electron chi connectivity index (χ0n) is 18.2. The van der Waals surface area contributed by atoms with Crippen molar-refractivity contribution >= 4 is 66.9 Å². The molecule has 0 radical (unpaired) electrons. The van der Waals surface area contributed by atoms with Crippen molar-refractivity contribution < 1.29 is 26.0 Å². The zero-order valence-corrected chi connectivity index (χ0v) is 21.3. The van der Waals surface area contributed by atoms with Crippen LogP contribution in [0.2, 0.25) is 5.02 Å².